The maximum atomic E-state index is 11.5. The first-order valence-electron chi connectivity index (χ1n) is 5.79. The van der Waals surface area contributed by atoms with E-state index in [4.69, 9.17) is 4.74 Å². The van der Waals surface area contributed by atoms with E-state index < -0.39 is 0 Å². The van der Waals surface area contributed by atoms with Crippen LogP contribution in [0.3, 0.4) is 0 Å². The van der Waals surface area contributed by atoms with Crippen LogP contribution in [0.5, 0.6) is 0 Å². The number of esters is 1. The lowest BCUT2D eigenvalue weighted by Crippen LogP contribution is -2.15. The molecule has 2 heteroatoms. The van der Waals surface area contributed by atoms with Crippen LogP contribution in [0, 0.1) is 0 Å². The van der Waals surface area contributed by atoms with Crippen molar-refractivity contribution in [3.05, 3.63) is 35.4 Å². The third-order valence-electron chi connectivity index (χ3n) is 3.06. The average Bonchev–Trinajstić information content (AvgIpc) is 2.29. The molecule has 0 aliphatic rings. The molecule has 0 atom stereocenters. The molecule has 2 nitrogen and oxygen atoms in total. The Kier molecular flexibility index (Phi) is 4.11. The lowest BCUT2D eigenvalue weighted by Gasteiger charge is -2.23. The van der Waals surface area contributed by atoms with Crippen molar-refractivity contribution in [1.29, 1.82) is 0 Å². The van der Waals surface area contributed by atoms with E-state index in [0.717, 1.165) is 6.42 Å². The normalized spacial score (nSPS) is 11.2. The maximum absolute atomic E-state index is 11.5. The molecule has 0 aromatic heterocycles. The minimum atomic E-state index is -0.247. The van der Waals surface area contributed by atoms with E-state index in [-0.39, 0.29) is 11.4 Å². The first-order valence-corrected chi connectivity index (χ1v) is 5.79. The maximum Gasteiger partial charge on any atom is 0.338 e. The van der Waals surface area contributed by atoms with E-state index in [1.54, 1.807) is 0 Å². The second-order valence-corrected chi connectivity index (χ2v) is 4.54. The SMILES string of the molecule is CCOC(=O)c1ccc(C(C)(C)CC)cc1. The zero-order valence-electron chi connectivity index (χ0n) is 10.5. The van der Waals surface area contributed by atoms with Gasteiger partial charge in [0.2, 0.25) is 0 Å². The Morgan fingerprint density at radius 1 is 1.19 bits per heavy atom. The van der Waals surface area contributed by atoms with Gasteiger partial charge in [0.25, 0.3) is 0 Å². The topological polar surface area (TPSA) is 26.3 Å². The largest absolute Gasteiger partial charge is 0.462 e. The number of hydrogen-bond donors (Lipinski definition) is 0. The fourth-order valence-electron chi connectivity index (χ4n) is 1.48. The Labute approximate surface area is 97.6 Å². The van der Waals surface area contributed by atoms with E-state index in [9.17, 15) is 4.79 Å². The van der Waals surface area contributed by atoms with Gasteiger partial charge in [0.05, 0.1) is 12.2 Å². The molecule has 1 aromatic rings. The highest BCUT2D eigenvalue weighted by molar-refractivity contribution is 5.89. The molecule has 0 saturated heterocycles. The molecule has 0 spiro atoms. The zero-order valence-corrected chi connectivity index (χ0v) is 10.5. The Balaban J connectivity index is 2.87. The first-order chi connectivity index (χ1) is 7.51. The quantitative estimate of drug-likeness (QED) is 0.725. The minimum Gasteiger partial charge on any atom is -0.462 e. The Bertz CT molecular complexity index is 350. The van der Waals surface area contributed by atoms with Crippen molar-refractivity contribution in [2.45, 2.75) is 39.5 Å². The van der Waals surface area contributed by atoms with Gasteiger partial charge in [-0.25, -0.2) is 4.79 Å². The fraction of sp³-hybridized carbons (Fsp3) is 0.500. The number of carbonyl (C=O) groups excluding carboxylic acids is 1. The number of hydrogen-bond acceptors (Lipinski definition) is 2. The van der Waals surface area contributed by atoms with Gasteiger partial charge in [-0.05, 0) is 36.5 Å². The highest BCUT2D eigenvalue weighted by Gasteiger charge is 2.18. The van der Waals surface area contributed by atoms with E-state index in [1.807, 2.05) is 31.2 Å². The number of ether oxygens (including phenoxy) is 1. The van der Waals surface area contributed by atoms with Crippen LogP contribution in [0.1, 0.15) is 50.0 Å². The molecular weight excluding hydrogens is 200 g/mol. The van der Waals surface area contributed by atoms with Gasteiger partial charge < -0.3 is 4.74 Å². The average molecular weight is 220 g/mol. The number of rotatable bonds is 4. The summed E-state index contributed by atoms with van der Waals surface area (Å²) in [4.78, 5) is 11.5. The molecule has 0 saturated carbocycles. The Hall–Kier alpha value is -1.31. The van der Waals surface area contributed by atoms with Gasteiger partial charge in [-0.3, -0.25) is 0 Å². The molecule has 1 aromatic carbocycles. The van der Waals surface area contributed by atoms with Crippen LogP contribution in [0.15, 0.2) is 24.3 Å². The van der Waals surface area contributed by atoms with E-state index in [1.165, 1.54) is 5.56 Å². The molecule has 0 unspecified atom stereocenters. The second kappa shape index (κ2) is 5.15. The Morgan fingerprint density at radius 2 is 1.75 bits per heavy atom. The van der Waals surface area contributed by atoms with E-state index >= 15 is 0 Å². The first kappa shape index (κ1) is 12.8. The molecule has 0 fully saturated rings. The van der Waals surface area contributed by atoms with Crippen molar-refractivity contribution in [3.8, 4) is 0 Å². The molecule has 0 aliphatic carbocycles. The van der Waals surface area contributed by atoms with Crippen molar-refractivity contribution in [3.63, 3.8) is 0 Å². The predicted octanol–water partition coefficient (Wildman–Crippen LogP) is 3.55. The second-order valence-electron chi connectivity index (χ2n) is 4.54. The van der Waals surface area contributed by atoms with Crippen molar-refractivity contribution in [2.24, 2.45) is 0 Å². The molecule has 0 radical (unpaired) electrons. The van der Waals surface area contributed by atoms with Gasteiger partial charge in [0.15, 0.2) is 0 Å². The molecule has 1 rings (SSSR count). The van der Waals surface area contributed by atoms with Gasteiger partial charge in [-0.2, -0.15) is 0 Å². The van der Waals surface area contributed by atoms with Crippen molar-refractivity contribution >= 4 is 5.97 Å². The van der Waals surface area contributed by atoms with Crippen LogP contribution in [-0.4, -0.2) is 12.6 Å². The summed E-state index contributed by atoms with van der Waals surface area (Å²) in [6.45, 7) is 8.80. The van der Waals surface area contributed by atoms with Crippen LogP contribution < -0.4 is 0 Å². The predicted molar refractivity (Wildman–Crippen MR) is 65.7 cm³/mol. The van der Waals surface area contributed by atoms with Crippen molar-refractivity contribution in [1.82, 2.24) is 0 Å². The monoisotopic (exact) mass is 220 g/mol. The lowest BCUT2D eigenvalue weighted by molar-refractivity contribution is 0.0526. The Morgan fingerprint density at radius 3 is 2.19 bits per heavy atom. The molecular formula is C14H20O2. The van der Waals surface area contributed by atoms with Gasteiger partial charge in [-0.1, -0.05) is 32.9 Å². The molecule has 0 heterocycles. The van der Waals surface area contributed by atoms with Crippen LogP contribution in [0.4, 0.5) is 0 Å². The van der Waals surface area contributed by atoms with E-state index in [2.05, 4.69) is 20.8 Å². The minimum absolute atomic E-state index is 0.160. The highest BCUT2D eigenvalue weighted by atomic mass is 16.5. The molecule has 0 bridgehead atoms. The van der Waals surface area contributed by atoms with Gasteiger partial charge >= 0.3 is 5.97 Å². The lowest BCUT2D eigenvalue weighted by atomic mass is 9.82. The van der Waals surface area contributed by atoms with Crippen molar-refractivity contribution < 1.29 is 9.53 Å². The number of carbonyl (C=O) groups is 1. The summed E-state index contributed by atoms with van der Waals surface area (Å²) in [7, 11) is 0. The molecule has 0 N–H and O–H groups in total. The third kappa shape index (κ3) is 2.84. The third-order valence-corrected chi connectivity index (χ3v) is 3.06. The highest BCUT2D eigenvalue weighted by Crippen LogP contribution is 2.26. The van der Waals surface area contributed by atoms with Crippen LogP contribution in [-0.2, 0) is 10.2 Å². The van der Waals surface area contributed by atoms with Crippen LogP contribution in [0.2, 0.25) is 0 Å². The summed E-state index contributed by atoms with van der Waals surface area (Å²) in [6, 6.07) is 7.70. The van der Waals surface area contributed by atoms with Crippen LogP contribution in [0.25, 0.3) is 0 Å². The summed E-state index contributed by atoms with van der Waals surface area (Å²) in [5, 5.41) is 0. The van der Waals surface area contributed by atoms with E-state index in [0.29, 0.717) is 12.2 Å². The fourth-order valence-corrected chi connectivity index (χ4v) is 1.48. The van der Waals surface area contributed by atoms with Gasteiger partial charge in [-0.15, -0.1) is 0 Å². The summed E-state index contributed by atoms with van der Waals surface area (Å²) in [5.41, 5.74) is 2.04. The summed E-state index contributed by atoms with van der Waals surface area (Å²) >= 11 is 0. The molecule has 0 aliphatic heterocycles. The summed E-state index contributed by atoms with van der Waals surface area (Å²) in [6.07, 6.45) is 1.08. The smallest absolute Gasteiger partial charge is 0.338 e. The summed E-state index contributed by atoms with van der Waals surface area (Å²) in [5.74, 6) is -0.247. The summed E-state index contributed by atoms with van der Waals surface area (Å²) < 4.78 is 4.94. The van der Waals surface area contributed by atoms with Gasteiger partial charge in [0.1, 0.15) is 0 Å². The van der Waals surface area contributed by atoms with Crippen molar-refractivity contribution in [2.75, 3.05) is 6.61 Å². The van der Waals surface area contributed by atoms with Gasteiger partial charge in [0, 0.05) is 0 Å². The molecule has 16 heavy (non-hydrogen) atoms. The molecule has 0 amide bonds. The number of benzene rings is 1. The zero-order chi connectivity index (χ0) is 12.2. The van der Waals surface area contributed by atoms with Crippen LogP contribution >= 0.6 is 0 Å². The standard InChI is InChI=1S/C14H20O2/c1-5-14(3,4)12-9-7-11(8-10-12)13(15)16-6-2/h7-10H,5-6H2,1-4H3. The molecule has 88 valence electrons.